The number of carboxylic acids is 1. The van der Waals surface area contributed by atoms with E-state index in [1.807, 2.05) is 18.2 Å². The van der Waals surface area contributed by atoms with Gasteiger partial charge in [0.05, 0.1) is 12.0 Å². The summed E-state index contributed by atoms with van der Waals surface area (Å²) in [5.74, 6) is -0.643. The Balaban J connectivity index is 2.05. The molecule has 106 valence electrons. The van der Waals surface area contributed by atoms with Crippen LogP contribution in [0.25, 0.3) is 5.57 Å². The zero-order valence-corrected chi connectivity index (χ0v) is 11.7. The highest BCUT2D eigenvalue weighted by Gasteiger charge is 2.50. The first kappa shape index (κ1) is 13.4. The fourth-order valence-electron chi connectivity index (χ4n) is 4.09. The Kier molecular flexibility index (Phi) is 3.17. The Hall–Kier alpha value is -1.61. The van der Waals surface area contributed by atoms with Crippen molar-refractivity contribution in [1.82, 2.24) is 0 Å². The van der Waals surface area contributed by atoms with Crippen LogP contribution in [0.2, 0.25) is 0 Å². The molecule has 1 aromatic carbocycles. The van der Waals surface area contributed by atoms with E-state index in [2.05, 4.69) is 19.1 Å². The second kappa shape index (κ2) is 4.74. The van der Waals surface area contributed by atoms with Gasteiger partial charge >= 0.3 is 5.97 Å². The summed E-state index contributed by atoms with van der Waals surface area (Å²) >= 11 is 0. The van der Waals surface area contributed by atoms with Crippen molar-refractivity contribution in [1.29, 1.82) is 0 Å². The lowest BCUT2D eigenvalue weighted by Gasteiger charge is -2.50. The molecular formula is C17H20O3. The molecular weight excluding hydrogens is 252 g/mol. The van der Waals surface area contributed by atoms with Crippen LogP contribution in [-0.2, 0) is 4.79 Å². The quantitative estimate of drug-likeness (QED) is 0.889. The van der Waals surface area contributed by atoms with Gasteiger partial charge in [-0.05, 0) is 43.2 Å². The maximum absolute atomic E-state index is 11.1. The van der Waals surface area contributed by atoms with Crippen LogP contribution >= 0.6 is 0 Å². The van der Waals surface area contributed by atoms with Gasteiger partial charge in [-0.15, -0.1) is 0 Å². The Morgan fingerprint density at radius 1 is 1.30 bits per heavy atom. The van der Waals surface area contributed by atoms with Crippen LogP contribution in [0, 0.1) is 11.8 Å². The number of aliphatic hydroxyl groups is 1. The molecule has 20 heavy (non-hydrogen) atoms. The minimum atomic E-state index is -1.08. The second-order valence-electron chi connectivity index (χ2n) is 6.17. The molecule has 0 radical (unpaired) electrons. The predicted molar refractivity (Wildman–Crippen MR) is 77.1 cm³/mol. The summed E-state index contributed by atoms with van der Waals surface area (Å²) in [7, 11) is 0. The first-order valence-corrected chi connectivity index (χ1v) is 7.21. The first-order valence-electron chi connectivity index (χ1n) is 7.21. The van der Waals surface area contributed by atoms with E-state index in [0.717, 1.165) is 18.4 Å². The van der Waals surface area contributed by atoms with E-state index in [1.165, 1.54) is 11.1 Å². The normalized spacial score (nSPS) is 32.5. The number of rotatable bonds is 3. The highest BCUT2D eigenvalue weighted by molar-refractivity contribution is 5.76. The van der Waals surface area contributed by atoms with Crippen LogP contribution in [-0.4, -0.2) is 21.8 Å². The van der Waals surface area contributed by atoms with Crippen LogP contribution in [0.5, 0.6) is 0 Å². The van der Waals surface area contributed by atoms with E-state index in [0.29, 0.717) is 12.3 Å². The molecule has 0 aromatic heterocycles. The average Bonchev–Trinajstić information content (AvgIpc) is 2.40. The number of carbonyl (C=O) groups is 1. The van der Waals surface area contributed by atoms with Gasteiger partial charge in [0, 0.05) is 5.92 Å². The number of allylic oxidation sites excluding steroid dienone is 1. The molecule has 3 atom stereocenters. The molecule has 2 bridgehead atoms. The molecule has 2 N–H and O–H groups in total. The van der Waals surface area contributed by atoms with E-state index in [9.17, 15) is 9.90 Å². The third-order valence-electron chi connectivity index (χ3n) is 4.98. The lowest BCUT2D eigenvalue weighted by Crippen LogP contribution is -2.49. The fourth-order valence-corrected chi connectivity index (χ4v) is 4.09. The van der Waals surface area contributed by atoms with E-state index < -0.39 is 11.6 Å². The lowest BCUT2D eigenvalue weighted by atomic mass is 9.57. The van der Waals surface area contributed by atoms with Gasteiger partial charge in [-0.25, -0.2) is 0 Å². The molecule has 0 heterocycles. The van der Waals surface area contributed by atoms with E-state index in [-0.39, 0.29) is 12.3 Å². The summed E-state index contributed by atoms with van der Waals surface area (Å²) in [5.41, 5.74) is 2.56. The summed E-state index contributed by atoms with van der Waals surface area (Å²) in [6, 6.07) is 10.1. The number of fused-ring (bicyclic) bond motifs is 2. The van der Waals surface area contributed by atoms with Crippen molar-refractivity contribution in [2.75, 3.05) is 0 Å². The van der Waals surface area contributed by atoms with Crippen LogP contribution in [0.4, 0.5) is 0 Å². The van der Waals surface area contributed by atoms with Gasteiger partial charge in [0.2, 0.25) is 0 Å². The van der Waals surface area contributed by atoms with Crippen molar-refractivity contribution >= 4 is 11.5 Å². The van der Waals surface area contributed by atoms with Crippen molar-refractivity contribution in [2.24, 2.45) is 11.8 Å². The van der Waals surface area contributed by atoms with Gasteiger partial charge in [0.25, 0.3) is 0 Å². The summed E-state index contributed by atoms with van der Waals surface area (Å²) in [4.78, 5) is 11.1. The first-order chi connectivity index (χ1) is 9.51. The molecule has 0 spiro atoms. The van der Waals surface area contributed by atoms with Gasteiger partial charge in [0.15, 0.2) is 0 Å². The summed E-state index contributed by atoms with van der Waals surface area (Å²) in [6.07, 6.45) is 2.38. The smallest absolute Gasteiger partial charge is 0.306 e. The molecule has 1 aromatic rings. The number of hydrogen-bond acceptors (Lipinski definition) is 2. The van der Waals surface area contributed by atoms with E-state index in [1.54, 1.807) is 0 Å². The third kappa shape index (κ3) is 2.06. The van der Waals surface area contributed by atoms with Crippen molar-refractivity contribution < 1.29 is 15.0 Å². The van der Waals surface area contributed by atoms with Crippen molar-refractivity contribution in [3.8, 4) is 0 Å². The highest BCUT2D eigenvalue weighted by atomic mass is 16.4. The Morgan fingerprint density at radius 3 is 2.65 bits per heavy atom. The SMILES string of the molecule is CC1=C(c2ccccc2)C2CCC1CC2(O)CC(=O)O. The number of carboxylic acid groups (broad SMARTS) is 1. The maximum Gasteiger partial charge on any atom is 0.306 e. The number of benzene rings is 1. The molecule has 1 saturated carbocycles. The van der Waals surface area contributed by atoms with Gasteiger partial charge in [-0.1, -0.05) is 35.9 Å². The van der Waals surface area contributed by atoms with Crippen LogP contribution in [0.1, 0.15) is 38.2 Å². The number of aliphatic carboxylic acids is 1. The van der Waals surface area contributed by atoms with Crippen LogP contribution < -0.4 is 0 Å². The molecule has 3 heteroatoms. The predicted octanol–water partition coefficient (Wildman–Crippen LogP) is 3.10. The monoisotopic (exact) mass is 272 g/mol. The lowest BCUT2D eigenvalue weighted by molar-refractivity contribution is -0.147. The van der Waals surface area contributed by atoms with Crippen LogP contribution in [0.15, 0.2) is 35.9 Å². The molecule has 3 aliphatic rings. The molecule has 4 rings (SSSR count). The topological polar surface area (TPSA) is 57.5 Å². The molecule has 0 amide bonds. The standard InChI is InChI=1S/C17H20O3/c1-11-13-7-8-14(17(20,9-13)10-15(18)19)16(11)12-5-3-2-4-6-12/h2-6,13-14,20H,7-10H2,1H3,(H,18,19). The molecule has 0 aliphatic heterocycles. The van der Waals surface area contributed by atoms with Crippen molar-refractivity contribution in [3.63, 3.8) is 0 Å². The highest BCUT2D eigenvalue weighted by Crippen LogP contribution is 2.54. The Bertz CT molecular complexity index is 561. The van der Waals surface area contributed by atoms with E-state index in [4.69, 9.17) is 5.11 Å². The minimum absolute atomic E-state index is 0.0500. The molecule has 1 fully saturated rings. The number of hydrogen-bond donors (Lipinski definition) is 2. The minimum Gasteiger partial charge on any atom is -0.481 e. The van der Waals surface area contributed by atoms with Crippen molar-refractivity contribution in [3.05, 3.63) is 41.5 Å². The Morgan fingerprint density at radius 2 is 2.00 bits per heavy atom. The zero-order chi connectivity index (χ0) is 14.3. The fraction of sp³-hybridized carbons (Fsp3) is 0.471. The molecule has 0 saturated heterocycles. The van der Waals surface area contributed by atoms with Crippen molar-refractivity contribution in [2.45, 2.75) is 38.2 Å². The molecule has 3 unspecified atom stereocenters. The summed E-state index contributed by atoms with van der Waals surface area (Å²) < 4.78 is 0. The second-order valence-corrected chi connectivity index (χ2v) is 6.17. The van der Waals surface area contributed by atoms with Gasteiger partial charge in [0.1, 0.15) is 0 Å². The van der Waals surface area contributed by atoms with Gasteiger partial charge < -0.3 is 10.2 Å². The largest absolute Gasteiger partial charge is 0.481 e. The average molecular weight is 272 g/mol. The summed E-state index contributed by atoms with van der Waals surface area (Å²) in [6.45, 7) is 2.14. The molecule has 3 aliphatic carbocycles. The van der Waals surface area contributed by atoms with Gasteiger partial charge in [-0.2, -0.15) is 0 Å². The maximum atomic E-state index is 11.1. The Labute approximate surface area is 118 Å². The van der Waals surface area contributed by atoms with Gasteiger partial charge in [-0.3, -0.25) is 4.79 Å². The zero-order valence-electron chi connectivity index (χ0n) is 11.7. The summed E-state index contributed by atoms with van der Waals surface area (Å²) in [5, 5.41) is 20.0. The molecule has 3 nitrogen and oxygen atoms in total. The third-order valence-corrected chi connectivity index (χ3v) is 4.98. The van der Waals surface area contributed by atoms with Crippen LogP contribution in [0.3, 0.4) is 0 Å². The van der Waals surface area contributed by atoms with E-state index >= 15 is 0 Å².